The van der Waals surface area contributed by atoms with Gasteiger partial charge in [-0.25, -0.2) is 4.90 Å². The second kappa shape index (κ2) is 9.51. The Balaban J connectivity index is 1.73. The van der Waals surface area contributed by atoms with E-state index in [2.05, 4.69) is 5.32 Å². The van der Waals surface area contributed by atoms with E-state index < -0.39 is 11.8 Å². The van der Waals surface area contributed by atoms with Crippen molar-refractivity contribution in [1.82, 2.24) is 0 Å². The number of methoxy groups -OCH3 is 1. The molecule has 3 aromatic rings. The molecule has 0 saturated heterocycles. The van der Waals surface area contributed by atoms with Gasteiger partial charge in [0.15, 0.2) is 0 Å². The Morgan fingerprint density at radius 1 is 0.853 bits per heavy atom. The van der Waals surface area contributed by atoms with Gasteiger partial charge >= 0.3 is 0 Å². The molecule has 34 heavy (non-hydrogen) atoms. The molecule has 170 valence electrons. The van der Waals surface area contributed by atoms with Crippen LogP contribution < -0.4 is 19.7 Å². The number of hydrogen-bond acceptors (Lipinski definition) is 6. The van der Waals surface area contributed by atoms with Crippen molar-refractivity contribution in [2.75, 3.05) is 17.3 Å². The number of rotatable bonds is 7. The smallest absolute Gasteiger partial charge is 0.282 e. The first kappa shape index (κ1) is 22.6. The van der Waals surface area contributed by atoms with Crippen LogP contribution in [0.4, 0.5) is 11.4 Å². The Bertz CT molecular complexity index is 1290. The van der Waals surface area contributed by atoms with Gasteiger partial charge in [0.2, 0.25) is 0 Å². The number of ether oxygens (including phenoxy) is 2. The molecule has 1 heterocycles. The van der Waals surface area contributed by atoms with Crippen LogP contribution in [0.15, 0.2) is 78.5 Å². The van der Waals surface area contributed by atoms with Crippen LogP contribution in [0.1, 0.15) is 25.0 Å². The molecule has 0 aliphatic carbocycles. The first-order chi connectivity index (χ1) is 16.4. The van der Waals surface area contributed by atoms with Crippen LogP contribution in [0.2, 0.25) is 0 Å². The average Bonchev–Trinajstić information content (AvgIpc) is 3.09. The number of carbonyl (C=O) groups is 2. The van der Waals surface area contributed by atoms with Crippen molar-refractivity contribution in [2.24, 2.45) is 0 Å². The molecular formula is C27H23N3O4. The molecule has 4 rings (SSSR count). The number of anilines is 2. The molecule has 1 aliphatic rings. The first-order valence-corrected chi connectivity index (χ1v) is 10.7. The number of carbonyl (C=O) groups excluding carboxylic acids is 2. The van der Waals surface area contributed by atoms with Gasteiger partial charge in [0.1, 0.15) is 17.2 Å². The molecule has 0 saturated carbocycles. The molecule has 3 aromatic carbocycles. The number of hydrogen-bond donors (Lipinski definition) is 1. The summed E-state index contributed by atoms with van der Waals surface area (Å²) in [5.41, 5.74) is 2.46. The lowest BCUT2D eigenvalue weighted by Crippen LogP contribution is -2.32. The van der Waals surface area contributed by atoms with Crippen molar-refractivity contribution in [3.63, 3.8) is 0 Å². The van der Waals surface area contributed by atoms with E-state index >= 15 is 0 Å². The van der Waals surface area contributed by atoms with Crippen molar-refractivity contribution in [3.05, 3.63) is 89.6 Å². The minimum absolute atomic E-state index is 0.0400. The summed E-state index contributed by atoms with van der Waals surface area (Å²) in [6, 6.07) is 22.5. The van der Waals surface area contributed by atoms with Crippen molar-refractivity contribution >= 4 is 28.8 Å². The Morgan fingerprint density at radius 2 is 1.47 bits per heavy atom. The maximum absolute atomic E-state index is 13.5. The molecule has 0 aromatic heterocycles. The van der Waals surface area contributed by atoms with Gasteiger partial charge < -0.3 is 14.8 Å². The molecule has 0 atom stereocenters. The molecule has 7 heteroatoms. The van der Waals surface area contributed by atoms with Crippen LogP contribution in [0.25, 0.3) is 5.57 Å². The number of imide groups is 1. The highest BCUT2D eigenvalue weighted by molar-refractivity contribution is 6.46. The van der Waals surface area contributed by atoms with Gasteiger partial charge in [0.05, 0.1) is 36.1 Å². The molecular weight excluding hydrogens is 430 g/mol. The van der Waals surface area contributed by atoms with Crippen LogP contribution in [0.3, 0.4) is 0 Å². The largest absolute Gasteiger partial charge is 0.497 e. The van der Waals surface area contributed by atoms with Crippen LogP contribution in [0, 0.1) is 11.3 Å². The fourth-order valence-corrected chi connectivity index (χ4v) is 3.62. The van der Waals surface area contributed by atoms with Gasteiger partial charge in [-0.15, -0.1) is 0 Å². The summed E-state index contributed by atoms with van der Waals surface area (Å²) in [6.45, 7) is 3.89. The fourth-order valence-electron chi connectivity index (χ4n) is 3.62. The highest BCUT2D eigenvalue weighted by Crippen LogP contribution is 2.34. The van der Waals surface area contributed by atoms with Gasteiger partial charge in [-0.2, -0.15) is 5.26 Å². The second-order valence-corrected chi connectivity index (χ2v) is 7.90. The zero-order valence-electron chi connectivity index (χ0n) is 19.0. The van der Waals surface area contributed by atoms with Crippen LogP contribution >= 0.6 is 0 Å². The average molecular weight is 453 g/mol. The summed E-state index contributed by atoms with van der Waals surface area (Å²) >= 11 is 0. The summed E-state index contributed by atoms with van der Waals surface area (Å²) in [5, 5.41) is 12.2. The standard InChI is InChI=1S/C27H23N3O4/c1-17(2)34-23-14-8-20(9-15-23)29-25-24(19-6-12-22(33-3)13-7-19)26(31)30(27(25)32)21-10-4-18(16-28)5-11-21/h4-15,17,29H,1-3H3. The monoisotopic (exact) mass is 453 g/mol. The minimum atomic E-state index is -0.483. The summed E-state index contributed by atoms with van der Waals surface area (Å²) in [7, 11) is 1.56. The van der Waals surface area contributed by atoms with Gasteiger partial charge in [0, 0.05) is 5.69 Å². The van der Waals surface area contributed by atoms with Crippen molar-refractivity contribution in [3.8, 4) is 17.6 Å². The molecule has 0 fully saturated rings. The van der Waals surface area contributed by atoms with E-state index in [4.69, 9.17) is 14.7 Å². The Kier molecular flexibility index (Phi) is 6.33. The van der Waals surface area contributed by atoms with Crippen LogP contribution in [-0.4, -0.2) is 25.0 Å². The van der Waals surface area contributed by atoms with E-state index in [9.17, 15) is 9.59 Å². The first-order valence-electron chi connectivity index (χ1n) is 10.7. The third-order valence-corrected chi connectivity index (χ3v) is 5.21. The highest BCUT2D eigenvalue weighted by Gasteiger charge is 2.40. The molecule has 0 spiro atoms. The van der Waals surface area contributed by atoms with Gasteiger partial charge in [-0.3, -0.25) is 9.59 Å². The molecule has 0 radical (unpaired) electrons. The highest BCUT2D eigenvalue weighted by atomic mass is 16.5. The van der Waals surface area contributed by atoms with Crippen LogP contribution in [-0.2, 0) is 9.59 Å². The summed E-state index contributed by atoms with van der Waals surface area (Å²) in [5.74, 6) is 0.406. The number of nitriles is 1. The molecule has 1 aliphatic heterocycles. The maximum atomic E-state index is 13.5. The molecule has 0 bridgehead atoms. The van der Waals surface area contributed by atoms with E-state index in [1.165, 1.54) is 0 Å². The normalized spacial score (nSPS) is 13.3. The van der Waals surface area contributed by atoms with E-state index in [0.29, 0.717) is 34.0 Å². The summed E-state index contributed by atoms with van der Waals surface area (Å²) in [6.07, 6.45) is 0.0400. The molecule has 0 unspecified atom stereocenters. The van der Waals surface area contributed by atoms with E-state index in [-0.39, 0.29) is 17.4 Å². The topological polar surface area (TPSA) is 91.7 Å². The summed E-state index contributed by atoms with van der Waals surface area (Å²) < 4.78 is 10.9. The van der Waals surface area contributed by atoms with Gasteiger partial charge in [-0.05, 0) is 80.1 Å². The molecule has 7 nitrogen and oxygen atoms in total. The van der Waals surface area contributed by atoms with E-state index in [1.54, 1.807) is 79.9 Å². The third kappa shape index (κ3) is 4.48. The minimum Gasteiger partial charge on any atom is -0.497 e. The fraction of sp³-hybridized carbons (Fsp3) is 0.148. The van der Waals surface area contributed by atoms with Crippen molar-refractivity contribution < 1.29 is 19.1 Å². The van der Waals surface area contributed by atoms with Gasteiger partial charge in [-0.1, -0.05) is 12.1 Å². The van der Waals surface area contributed by atoms with E-state index in [1.807, 2.05) is 19.9 Å². The Labute approximate surface area is 197 Å². The predicted molar refractivity (Wildman–Crippen MR) is 129 cm³/mol. The van der Waals surface area contributed by atoms with Crippen molar-refractivity contribution in [1.29, 1.82) is 5.26 Å². The zero-order valence-corrected chi connectivity index (χ0v) is 19.0. The predicted octanol–water partition coefficient (Wildman–Crippen LogP) is 4.75. The second-order valence-electron chi connectivity index (χ2n) is 7.90. The quantitative estimate of drug-likeness (QED) is 0.519. The van der Waals surface area contributed by atoms with E-state index in [0.717, 1.165) is 4.90 Å². The zero-order chi connectivity index (χ0) is 24.2. The maximum Gasteiger partial charge on any atom is 0.282 e. The summed E-state index contributed by atoms with van der Waals surface area (Å²) in [4.78, 5) is 28.1. The lowest BCUT2D eigenvalue weighted by atomic mass is 10.0. The lowest BCUT2D eigenvalue weighted by molar-refractivity contribution is -0.120. The number of nitrogens with one attached hydrogen (secondary N) is 1. The SMILES string of the molecule is COc1ccc(C2=C(Nc3ccc(OC(C)C)cc3)C(=O)N(c3ccc(C#N)cc3)C2=O)cc1. The van der Waals surface area contributed by atoms with Crippen LogP contribution in [0.5, 0.6) is 11.5 Å². The van der Waals surface area contributed by atoms with Gasteiger partial charge in [0.25, 0.3) is 11.8 Å². The number of nitrogens with zero attached hydrogens (tertiary/aromatic N) is 2. The third-order valence-electron chi connectivity index (χ3n) is 5.21. The number of benzene rings is 3. The Hall–Kier alpha value is -4.57. The molecule has 2 amide bonds. The lowest BCUT2D eigenvalue weighted by Gasteiger charge is -2.15. The molecule has 1 N–H and O–H groups in total. The number of amides is 2. The Morgan fingerprint density at radius 3 is 2.03 bits per heavy atom. The van der Waals surface area contributed by atoms with Crippen molar-refractivity contribution in [2.45, 2.75) is 20.0 Å².